The van der Waals surface area contributed by atoms with E-state index in [9.17, 15) is 4.79 Å². The van der Waals surface area contributed by atoms with Crippen molar-refractivity contribution in [1.82, 2.24) is 24.8 Å². The van der Waals surface area contributed by atoms with Gasteiger partial charge in [-0.1, -0.05) is 0 Å². The number of aromatic amines is 1. The van der Waals surface area contributed by atoms with Gasteiger partial charge in [0.25, 0.3) is 5.91 Å². The molecule has 0 aliphatic rings. The number of nitrogens with zero attached hydrogens (tertiary/aromatic N) is 5. The highest BCUT2D eigenvalue weighted by atomic mass is 16.2. The zero-order chi connectivity index (χ0) is 16.4. The van der Waals surface area contributed by atoms with Crippen LogP contribution in [0.15, 0.2) is 30.9 Å². The number of amides is 1. The number of imidazole rings is 1. The van der Waals surface area contributed by atoms with Crippen molar-refractivity contribution in [3.63, 3.8) is 0 Å². The minimum Gasteiger partial charge on any atom is -0.345 e. The van der Waals surface area contributed by atoms with Crippen LogP contribution in [-0.4, -0.2) is 44.8 Å². The van der Waals surface area contributed by atoms with Crippen LogP contribution >= 0.6 is 0 Å². The molecule has 2 N–H and O–H groups in total. The molecule has 0 aliphatic carbocycles. The van der Waals surface area contributed by atoms with Crippen LogP contribution in [-0.2, 0) is 0 Å². The third kappa shape index (κ3) is 2.80. The van der Waals surface area contributed by atoms with E-state index in [1.807, 2.05) is 12.1 Å². The van der Waals surface area contributed by atoms with Crippen LogP contribution < -0.4 is 5.32 Å². The van der Waals surface area contributed by atoms with Gasteiger partial charge in [0.05, 0.1) is 35.4 Å². The largest absolute Gasteiger partial charge is 0.345 e. The lowest BCUT2D eigenvalue weighted by molar-refractivity contribution is 0.0829. The lowest BCUT2D eigenvalue weighted by Gasteiger charge is -2.12. The van der Waals surface area contributed by atoms with Crippen molar-refractivity contribution >= 4 is 28.6 Å². The number of carbonyl (C=O) groups is 1. The fourth-order valence-electron chi connectivity index (χ4n) is 2.11. The molecule has 23 heavy (non-hydrogen) atoms. The lowest BCUT2D eigenvalue weighted by Crippen LogP contribution is -2.22. The van der Waals surface area contributed by atoms with Crippen LogP contribution in [0.5, 0.6) is 0 Å². The van der Waals surface area contributed by atoms with E-state index in [1.165, 1.54) is 17.3 Å². The molecule has 0 saturated heterocycles. The number of hydrogen-bond donors (Lipinski definition) is 2. The van der Waals surface area contributed by atoms with Gasteiger partial charge in [-0.25, -0.2) is 15.0 Å². The second-order valence-electron chi connectivity index (χ2n) is 5.05. The van der Waals surface area contributed by atoms with Gasteiger partial charge in [0.15, 0.2) is 0 Å². The quantitative estimate of drug-likeness (QED) is 0.761. The topological polar surface area (TPSA) is 111 Å². The van der Waals surface area contributed by atoms with Gasteiger partial charge in [0.1, 0.15) is 11.6 Å². The Morgan fingerprint density at radius 3 is 2.65 bits per heavy atom. The minimum absolute atomic E-state index is 0.147. The third-order valence-corrected chi connectivity index (χ3v) is 3.20. The maximum absolute atomic E-state index is 12.3. The van der Waals surface area contributed by atoms with E-state index in [0.29, 0.717) is 28.3 Å². The lowest BCUT2D eigenvalue weighted by atomic mass is 10.1. The van der Waals surface area contributed by atoms with E-state index in [-0.39, 0.29) is 5.91 Å². The molecule has 0 aliphatic heterocycles. The first-order chi connectivity index (χ1) is 11.1. The molecule has 8 nitrogen and oxygen atoms in total. The number of rotatable bonds is 3. The van der Waals surface area contributed by atoms with E-state index < -0.39 is 0 Å². The monoisotopic (exact) mass is 307 g/mol. The van der Waals surface area contributed by atoms with Gasteiger partial charge in [0, 0.05) is 19.8 Å². The van der Waals surface area contributed by atoms with Gasteiger partial charge in [-0.05, 0) is 12.1 Å². The van der Waals surface area contributed by atoms with Gasteiger partial charge >= 0.3 is 0 Å². The van der Waals surface area contributed by atoms with Crippen molar-refractivity contribution in [2.75, 3.05) is 19.4 Å². The van der Waals surface area contributed by atoms with Crippen molar-refractivity contribution in [3.8, 4) is 6.07 Å². The van der Waals surface area contributed by atoms with Crippen LogP contribution in [0.2, 0.25) is 0 Å². The number of aromatic nitrogens is 4. The summed E-state index contributed by atoms with van der Waals surface area (Å²) in [7, 11) is 3.37. The highest BCUT2D eigenvalue weighted by Crippen LogP contribution is 2.24. The summed E-state index contributed by atoms with van der Waals surface area (Å²) in [6, 6.07) is 5.48. The van der Waals surface area contributed by atoms with Gasteiger partial charge in [-0.3, -0.25) is 4.79 Å². The van der Waals surface area contributed by atoms with Crippen LogP contribution in [0, 0.1) is 11.3 Å². The van der Waals surface area contributed by atoms with Crippen molar-refractivity contribution < 1.29 is 4.79 Å². The first-order valence-electron chi connectivity index (χ1n) is 6.76. The van der Waals surface area contributed by atoms with Gasteiger partial charge in [-0.2, -0.15) is 5.26 Å². The standard InChI is InChI=1S/C15H13N7O/c1-22(2)14(23)11-3-10(4-12-13(11)20-8-19-12)21-15-17-6-9(5-16)7-18-15/h3-4,6-8H,1-2H3,(H,19,20)(H,17,18,21). The molecular weight excluding hydrogens is 294 g/mol. The molecule has 1 amide bonds. The number of hydrogen-bond acceptors (Lipinski definition) is 6. The minimum atomic E-state index is -0.147. The van der Waals surface area contributed by atoms with Crippen LogP contribution in [0.4, 0.5) is 11.6 Å². The first-order valence-corrected chi connectivity index (χ1v) is 6.76. The molecule has 8 heteroatoms. The predicted octanol–water partition coefficient (Wildman–Crippen LogP) is 1.67. The van der Waals surface area contributed by atoms with Gasteiger partial charge in [0.2, 0.25) is 5.95 Å². The third-order valence-electron chi connectivity index (χ3n) is 3.20. The van der Waals surface area contributed by atoms with Crippen molar-refractivity contribution in [3.05, 3.63) is 42.0 Å². The molecule has 0 saturated carbocycles. The average Bonchev–Trinajstić information content (AvgIpc) is 3.02. The second-order valence-corrected chi connectivity index (χ2v) is 5.05. The Bertz CT molecular complexity index is 906. The normalized spacial score (nSPS) is 10.3. The molecule has 1 aromatic carbocycles. The second kappa shape index (κ2) is 5.73. The molecule has 0 bridgehead atoms. The van der Waals surface area contributed by atoms with E-state index in [1.54, 1.807) is 26.5 Å². The zero-order valence-corrected chi connectivity index (χ0v) is 12.5. The van der Waals surface area contributed by atoms with Crippen molar-refractivity contribution in [1.29, 1.82) is 5.26 Å². The predicted molar refractivity (Wildman–Crippen MR) is 84.1 cm³/mol. The molecule has 114 valence electrons. The average molecular weight is 307 g/mol. The number of carbonyl (C=O) groups excluding carboxylic acids is 1. The summed E-state index contributed by atoms with van der Waals surface area (Å²) in [6.07, 6.45) is 4.39. The summed E-state index contributed by atoms with van der Waals surface area (Å²) < 4.78 is 0. The molecular formula is C15H13N7O. The highest BCUT2D eigenvalue weighted by Gasteiger charge is 2.16. The number of benzene rings is 1. The molecule has 0 unspecified atom stereocenters. The van der Waals surface area contributed by atoms with E-state index in [0.717, 1.165) is 5.52 Å². The Balaban J connectivity index is 2.00. The number of fused-ring (bicyclic) bond motifs is 1. The molecule has 3 rings (SSSR count). The summed E-state index contributed by atoms with van der Waals surface area (Å²) in [5, 5.41) is 11.8. The molecule has 0 atom stereocenters. The molecule has 2 aromatic heterocycles. The Morgan fingerprint density at radius 2 is 2.00 bits per heavy atom. The molecule has 2 heterocycles. The molecule has 3 aromatic rings. The molecule has 0 spiro atoms. The summed E-state index contributed by atoms with van der Waals surface area (Å²) in [5.74, 6) is 0.192. The van der Waals surface area contributed by atoms with Gasteiger partial charge in [-0.15, -0.1) is 0 Å². The van der Waals surface area contributed by atoms with Crippen molar-refractivity contribution in [2.45, 2.75) is 0 Å². The number of anilines is 2. The summed E-state index contributed by atoms with van der Waals surface area (Å²) in [6.45, 7) is 0. The fourth-order valence-corrected chi connectivity index (χ4v) is 2.11. The maximum Gasteiger partial charge on any atom is 0.255 e. The smallest absolute Gasteiger partial charge is 0.255 e. The maximum atomic E-state index is 12.3. The number of nitrogens with one attached hydrogen (secondary N) is 2. The highest BCUT2D eigenvalue weighted by molar-refractivity contribution is 6.06. The molecule has 0 radical (unpaired) electrons. The zero-order valence-electron chi connectivity index (χ0n) is 12.5. The van der Waals surface area contributed by atoms with Crippen LogP contribution in [0.3, 0.4) is 0 Å². The summed E-state index contributed by atoms with van der Waals surface area (Å²) in [5.41, 5.74) is 2.84. The summed E-state index contributed by atoms with van der Waals surface area (Å²) in [4.78, 5) is 29.1. The summed E-state index contributed by atoms with van der Waals surface area (Å²) >= 11 is 0. The van der Waals surface area contributed by atoms with E-state index >= 15 is 0 Å². The Labute approximate surface area is 131 Å². The SMILES string of the molecule is CN(C)C(=O)c1cc(Nc2ncc(C#N)cn2)cc2[nH]cnc12. The van der Waals surface area contributed by atoms with Crippen LogP contribution in [0.1, 0.15) is 15.9 Å². The number of nitriles is 1. The van der Waals surface area contributed by atoms with Crippen molar-refractivity contribution in [2.24, 2.45) is 0 Å². The van der Waals surface area contributed by atoms with E-state index in [4.69, 9.17) is 5.26 Å². The Kier molecular flexibility index (Phi) is 3.60. The van der Waals surface area contributed by atoms with Gasteiger partial charge < -0.3 is 15.2 Å². The van der Waals surface area contributed by atoms with Crippen LogP contribution in [0.25, 0.3) is 11.0 Å². The van der Waals surface area contributed by atoms with E-state index in [2.05, 4.69) is 25.3 Å². The molecule has 0 fully saturated rings. The number of H-pyrrole nitrogens is 1. The first kappa shape index (κ1) is 14.5. The fraction of sp³-hybridized carbons (Fsp3) is 0.133. The Morgan fingerprint density at radius 1 is 1.26 bits per heavy atom. The Hall–Kier alpha value is -3.47.